The molecule has 1 heterocycles. The first-order valence-corrected chi connectivity index (χ1v) is 7.53. The molecular weight excluding hydrogens is 252 g/mol. The zero-order valence-corrected chi connectivity index (χ0v) is 12.4. The van der Waals surface area contributed by atoms with Gasteiger partial charge in [-0.15, -0.1) is 0 Å². The van der Waals surface area contributed by atoms with Crippen molar-refractivity contribution >= 4 is 0 Å². The molecule has 1 aliphatic rings. The quantitative estimate of drug-likeness (QED) is 0.824. The Morgan fingerprint density at radius 1 is 1.35 bits per heavy atom. The van der Waals surface area contributed by atoms with E-state index in [9.17, 15) is 0 Å². The monoisotopic (exact) mass is 278 g/mol. The summed E-state index contributed by atoms with van der Waals surface area (Å²) in [5, 5.41) is 0. The highest BCUT2D eigenvalue weighted by Crippen LogP contribution is 2.15. The standard InChI is InChI=1S/C16H26N2O2/c1-14(18-8-11-19-12-9-18)6-10-20-16-4-2-3-15(13-16)5-7-17/h2-4,13-14H,5-12,17H2,1H3. The van der Waals surface area contributed by atoms with Crippen LogP contribution in [-0.2, 0) is 11.2 Å². The van der Waals surface area contributed by atoms with E-state index >= 15 is 0 Å². The maximum atomic E-state index is 5.86. The zero-order valence-electron chi connectivity index (χ0n) is 12.4. The van der Waals surface area contributed by atoms with Crippen LogP contribution in [0.5, 0.6) is 5.75 Å². The van der Waals surface area contributed by atoms with E-state index in [-0.39, 0.29) is 0 Å². The van der Waals surface area contributed by atoms with Gasteiger partial charge < -0.3 is 15.2 Å². The molecule has 4 heteroatoms. The van der Waals surface area contributed by atoms with E-state index in [4.69, 9.17) is 15.2 Å². The minimum atomic E-state index is 0.547. The number of nitrogens with zero attached hydrogens (tertiary/aromatic N) is 1. The molecular formula is C16H26N2O2. The number of hydrogen-bond acceptors (Lipinski definition) is 4. The fourth-order valence-electron chi connectivity index (χ4n) is 2.51. The van der Waals surface area contributed by atoms with Gasteiger partial charge in [-0.05, 0) is 44.0 Å². The molecule has 0 saturated carbocycles. The lowest BCUT2D eigenvalue weighted by Crippen LogP contribution is -2.42. The van der Waals surface area contributed by atoms with E-state index < -0.39 is 0 Å². The van der Waals surface area contributed by atoms with Gasteiger partial charge in [0.1, 0.15) is 5.75 Å². The second kappa shape index (κ2) is 8.25. The minimum absolute atomic E-state index is 0.547. The summed E-state index contributed by atoms with van der Waals surface area (Å²) < 4.78 is 11.2. The molecule has 1 saturated heterocycles. The van der Waals surface area contributed by atoms with Crippen molar-refractivity contribution in [3.8, 4) is 5.75 Å². The average molecular weight is 278 g/mol. The summed E-state index contributed by atoms with van der Waals surface area (Å²) in [6.07, 6.45) is 1.95. The summed E-state index contributed by atoms with van der Waals surface area (Å²) in [4.78, 5) is 2.47. The Balaban J connectivity index is 1.73. The van der Waals surface area contributed by atoms with Crippen LogP contribution >= 0.6 is 0 Å². The van der Waals surface area contributed by atoms with Crippen molar-refractivity contribution in [2.75, 3.05) is 39.5 Å². The van der Waals surface area contributed by atoms with Gasteiger partial charge in [0.2, 0.25) is 0 Å². The molecule has 0 bridgehead atoms. The van der Waals surface area contributed by atoms with Gasteiger partial charge in [-0.3, -0.25) is 4.90 Å². The van der Waals surface area contributed by atoms with Crippen molar-refractivity contribution in [1.82, 2.24) is 4.90 Å². The largest absolute Gasteiger partial charge is 0.494 e. The van der Waals surface area contributed by atoms with Crippen molar-refractivity contribution in [3.05, 3.63) is 29.8 Å². The molecule has 0 aliphatic carbocycles. The van der Waals surface area contributed by atoms with E-state index in [0.717, 1.165) is 51.5 Å². The molecule has 1 aromatic carbocycles. The van der Waals surface area contributed by atoms with Gasteiger partial charge in [-0.1, -0.05) is 12.1 Å². The Bertz CT molecular complexity index is 392. The molecule has 0 aromatic heterocycles. The van der Waals surface area contributed by atoms with Crippen LogP contribution in [0.25, 0.3) is 0 Å². The number of morpholine rings is 1. The topological polar surface area (TPSA) is 47.7 Å². The Labute approximate surface area is 121 Å². The maximum Gasteiger partial charge on any atom is 0.119 e. The van der Waals surface area contributed by atoms with Gasteiger partial charge in [0, 0.05) is 19.1 Å². The number of ether oxygens (including phenoxy) is 2. The van der Waals surface area contributed by atoms with Gasteiger partial charge in [-0.2, -0.15) is 0 Å². The Hall–Kier alpha value is -1.10. The summed E-state index contributed by atoms with van der Waals surface area (Å²) in [6.45, 7) is 7.47. The van der Waals surface area contributed by atoms with Gasteiger partial charge in [0.15, 0.2) is 0 Å². The van der Waals surface area contributed by atoms with E-state index in [2.05, 4.69) is 24.0 Å². The lowest BCUT2D eigenvalue weighted by Gasteiger charge is -2.32. The van der Waals surface area contributed by atoms with Crippen LogP contribution in [0.15, 0.2) is 24.3 Å². The molecule has 0 radical (unpaired) electrons. The number of nitrogens with two attached hydrogens (primary N) is 1. The lowest BCUT2D eigenvalue weighted by atomic mass is 10.1. The molecule has 0 spiro atoms. The molecule has 0 amide bonds. The molecule has 112 valence electrons. The van der Waals surface area contributed by atoms with Crippen LogP contribution in [0.3, 0.4) is 0 Å². The molecule has 1 atom stereocenters. The van der Waals surface area contributed by atoms with Crippen LogP contribution in [0.2, 0.25) is 0 Å². The van der Waals surface area contributed by atoms with E-state index in [1.807, 2.05) is 12.1 Å². The van der Waals surface area contributed by atoms with Crippen molar-refractivity contribution in [2.24, 2.45) is 5.73 Å². The highest BCUT2D eigenvalue weighted by atomic mass is 16.5. The Kier molecular flexibility index (Phi) is 6.30. The third-order valence-corrected chi connectivity index (χ3v) is 3.80. The van der Waals surface area contributed by atoms with Crippen LogP contribution in [0.4, 0.5) is 0 Å². The maximum absolute atomic E-state index is 5.86. The normalized spacial score (nSPS) is 17.9. The van der Waals surface area contributed by atoms with Gasteiger partial charge in [-0.25, -0.2) is 0 Å². The second-order valence-electron chi connectivity index (χ2n) is 5.32. The van der Waals surface area contributed by atoms with Gasteiger partial charge >= 0.3 is 0 Å². The second-order valence-corrected chi connectivity index (χ2v) is 5.32. The van der Waals surface area contributed by atoms with E-state index in [1.54, 1.807) is 0 Å². The van der Waals surface area contributed by atoms with E-state index in [1.165, 1.54) is 5.56 Å². The zero-order chi connectivity index (χ0) is 14.2. The number of benzene rings is 1. The highest BCUT2D eigenvalue weighted by molar-refractivity contribution is 5.28. The average Bonchev–Trinajstić information content (AvgIpc) is 2.49. The molecule has 4 nitrogen and oxygen atoms in total. The molecule has 2 rings (SSSR count). The van der Waals surface area contributed by atoms with Gasteiger partial charge in [0.05, 0.1) is 19.8 Å². The Morgan fingerprint density at radius 3 is 2.90 bits per heavy atom. The molecule has 1 fully saturated rings. The predicted octanol–water partition coefficient (Wildman–Crippen LogP) is 1.68. The molecule has 2 N–H and O–H groups in total. The summed E-state index contributed by atoms with van der Waals surface area (Å²) in [7, 11) is 0. The van der Waals surface area contributed by atoms with Crippen molar-refractivity contribution in [1.29, 1.82) is 0 Å². The number of hydrogen-bond donors (Lipinski definition) is 1. The summed E-state index contributed by atoms with van der Waals surface area (Å²) >= 11 is 0. The molecule has 1 aliphatic heterocycles. The third kappa shape index (κ3) is 4.78. The lowest BCUT2D eigenvalue weighted by molar-refractivity contribution is 0.0161. The fraction of sp³-hybridized carbons (Fsp3) is 0.625. The van der Waals surface area contributed by atoms with Crippen LogP contribution in [-0.4, -0.2) is 50.4 Å². The molecule has 20 heavy (non-hydrogen) atoms. The summed E-state index contributed by atoms with van der Waals surface area (Å²) in [6, 6.07) is 8.78. The molecule has 1 unspecified atom stereocenters. The van der Waals surface area contributed by atoms with Crippen LogP contribution in [0, 0.1) is 0 Å². The molecule has 1 aromatic rings. The third-order valence-electron chi connectivity index (χ3n) is 3.80. The minimum Gasteiger partial charge on any atom is -0.494 e. The van der Waals surface area contributed by atoms with Crippen molar-refractivity contribution in [2.45, 2.75) is 25.8 Å². The summed E-state index contributed by atoms with van der Waals surface area (Å²) in [5.74, 6) is 0.949. The first-order chi connectivity index (χ1) is 9.79. The SMILES string of the molecule is CC(CCOc1cccc(CCN)c1)N1CCOCC1. The Morgan fingerprint density at radius 2 is 2.15 bits per heavy atom. The predicted molar refractivity (Wildman–Crippen MR) is 81.2 cm³/mol. The van der Waals surface area contributed by atoms with E-state index in [0.29, 0.717) is 12.6 Å². The van der Waals surface area contributed by atoms with Gasteiger partial charge in [0.25, 0.3) is 0 Å². The summed E-state index contributed by atoms with van der Waals surface area (Å²) in [5.41, 5.74) is 6.82. The van der Waals surface area contributed by atoms with Crippen LogP contribution in [0.1, 0.15) is 18.9 Å². The van der Waals surface area contributed by atoms with Crippen molar-refractivity contribution < 1.29 is 9.47 Å². The van der Waals surface area contributed by atoms with Crippen LogP contribution < -0.4 is 10.5 Å². The van der Waals surface area contributed by atoms with Crippen molar-refractivity contribution in [3.63, 3.8) is 0 Å². The smallest absolute Gasteiger partial charge is 0.119 e. The first-order valence-electron chi connectivity index (χ1n) is 7.53. The highest BCUT2D eigenvalue weighted by Gasteiger charge is 2.16. The fourth-order valence-corrected chi connectivity index (χ4v) is 2.51. The number of rotatable bonds is 7. The first kappa shape index (κ1) is 15.3.